The maximum atomic E-state index is 13.3. The summed E-state index contributed by atoms with van der Waals surface area (Å²) in [6.45, 7) is 8.10. The normalized spacial score (nSPS) is 14.3. The molecule has 41 heavy (non-hydrogen) atoms. The van der Waals surface area contributed by atoms with Gasteiger partial charge in [0, 0.05) is 50.6 Å². The molecule has 0 radical (unpaired) electrons. The van der Waals surface area contributed by atoms with Gasteiger partial charge in [0.1, 0.15) is 0 Å². The van der Waals surface area contributed by atoms with Crippen LogP contribution in [0.3, 0.4) is 0 Å². The number of pyridine rings is 1. The second-order valence-corrected chi connectivity index (χ2v) is 12.1. The molecule has 1 aliphatic rings. The van der Waals surface area contributed by atoms with Crippen LogP contribution in [0, 0.1) is 5.41 Å². The fraction of sp³-hybridized carbons (Fsp3) is 0.367. The summed E-state index contributed by atoms with van der Waals surface area (Å²) in [4.78, 5) is 59.2. The third-order valence-corrected chi connectivity index (χ3v) is 7.49. The number of hydrogen-bond donors (Lipinski definition) is 3. The maximum absolute atomic E-state index is 13.3. The van der Waals surface area contributed by atoms with E-state index in [-0.39, 0.29) is 35.6 Å². The minimum absolute atomic E-state index is 0.00917. The number of amides is 3. The quantitative estimate of drug-likeness (QED) is 0.343. The summed E-state index contributed by atoms with van der Waals surface area (Å²) in [6, 6.07) is 11.4. The van der Waals surface area contributed by atoms with Crippen molar-refractivity contribution in [3.05, 3.63) is 76.2 Å². The smallest absolute Gasteiger partial charge is 0.305 e. The molecule has 4 rings (SSSR count). The van der Waals surface area contributed by atoms with Crippen LogP contribution in [-0.2, 0) is 9.59 Å². The van der Waals surface area contributed by atoms with Gasteiger partial charge >= 0.3 is 5.97 Å². The molecule has 216 valence electrons. The number of aliphatic carboxylic acids is 1. The van der Waals surface area contributed by atoms with Gasteiger partial charge in [-0.05, 0) is 46.7 Å². The van der Waals surface area contributed by atoms with Gasteiger partial charge in [-0.25, -0.2) is 0 Å². The van der Waals surface area contributed by atoms with Gasteiger partial charge in [0.15, 0.2) is 0 Å². The minimum atomic E-state index is -1.05. The summed E-state index contributed by atoms with van der Waals surface area (Å²) in [6.07, 6.45) is 3.08. The molecule has 0 spiro atoms. The summed E-state index contributed by atoms with van der Waals surface area (Å²) in [5, 5.41) is 17.1. The maximum Gasteiger partial charge on any atom is 0.305 e. The average molecular weight is 578 g/mol. The van der Waals surface area contributed by atoms with Crippen LogP contribution in [0.15, 0.2) is 60.2 Å². The molecule has 1 aromatic carbocycles. The van der Waals surface area contributed by atoms with E-state index in [1.807, 2.05) is 43.2 Å². The Bertz CT molecular complexity index is 1380. The van der Waals surface area contributed by atoms with Gasteiger partial charge in [0.2, 0.25) is 5.91 Å². The first-order chi connectivity index (χ1) is 19.5. The first kappa shape index (κ1) is 29.7. The van der Waals surface area contributed by atoms with E-state index >= 15 is 0 Å². The zero-order valence-corrected chi connectivity index (χ0v) is 24.2. The first-order valence-electron chi connectivity index (χ1n) is 13.4. The van der Waals surface area contributed by atoms with E-state index in [2.05, 4.69) is 20.5 Å². The molecule has 11 heteroatoms. The molecule has 1 saturated heterocycles. The zero-order valence-electron chi connectivity index (χ0n) is 23.4. The molecule has 3 N–H and O–H groups in total. The summed E-state index contributed by atoms with van der Waals surface area (Å²) < 4.78 is 0. The third kappa shape index (κ3) is 8.14. The molecule has 0 bridgehead atoms. The van der Waals surface area contributed by atoms with Crippen LogP contribution >= 0.6 is 11.3 Å². The lowest BCUT2D eigenvalue weighted by Crippen LogP contribution is -2.48. The molecule has 1 fully saturated rings. The summed E-state index contributed by atoms with van der Waals surface area (Å²) in [7, 11) is 0. The van der Waals surface area contributed by atoms with E-state index in [0.717, 1.165) is 5.69 Å². The molecule has 1 atom stereocenters. The number of piperazine rings is 1. The van der Waals surface area contributed by atoms with Crippen LogP contribution in [-0.4, -0.2) is 64.9 Å². The highest BCUT2D eigenvalue weighted by atomic mass is 32.1. The summed E-state index contributed by atoms with van der Waals surface area (Å²) >= 11 is 1.42. The number of nitrogens with one attached hydrogen (secondary N) is 2. The van der Waals surface area contributed by atoms with Crippen LogP contribution < -0.4 is 15.5 Å². The molecule has 0 saturated carbocycles. The number of hydrogen-bond acceptors (Lipinski definition) is 7. The molecule has 3 aromatic rings. The second-order valence-electron chi connectivity index (χ2n) is 11.2. The number of anilines is 2. The van der Waals surface area contributed by atoms with Crippen LogP contribution in [0.1, 0.15) is 65.2 Å². The molecule has 0 aliphatic carbocycles. The number of nitrogens with zero attached hydrogens (tertiary/aromatic N) is 3. The predicted octanol–water partition coefficient (Wildman–Crippen LogP) is 4.43. The Balaban J connectivity index is 1.55. The standard InChI is InChI=1S/C30H35N5O5S/c1-30(2,3)18-26(36)32-23-16-20(28(39)33-22(17-27(37)38)21-6-4-10-31-19-21)8-9-24(23)34-11-13-35(14-12-34)29(40)25-7-5-15-41-25/h4-10,15-16,19,22H,11-14,17-18H2,1-3H3,(H,32,36)(H,33,39)(H,37,38). The molecule has 1 aliphatic heterocycles. The Kier molecular flexibility index (Phi) is 9.38. The lowest BCUT2D eigenvalue weighted by Gasteiger charge is -2.37. The number of carbonyl (C=O) groups excluding carboxylic acids is 3. The summed E-state index contributed by atoms with van der Waals surface area (Å²) in [5.41, 5.74) is 1.86. The predicted molar refractivity (Wildman–Crippen MR) is 158 cm³/mol. The molecular formula is C30H35N5O5S. The highest BCUT2D eigenvalue weighted by Gasteiger charge is 2.26. The van der Waals surface area contributed by atoms with Crippen LogP contribution in [0.5, 0.6) is 0 Å². The van der Waals surface area contributed by atoms with Crippen molar-refractivity contribution in [3.8, 4) is 0 Å². The van der Waals surface area contributed by atoms with Crippen molar-refractivity contribution < 1.29 is 24.3 Å². The van der Waals surface area contributed by atoms with Crippen LogP contribution in [0.4, 0.5) is 11.4 Å². The van der Waals surface area contributed by atoms with Crippen molar-refractivity contribution in [3.63, 3.8) is 0 Å². The average Bonchev–Trinajstić information content (AvgIpc) is 3.47. The molecule has 3 amide bonds. The largest absolute Gasteiger partial charge is 0.481 e. The third-order valence-electron chi connectivity index (χ3n) is 6.63. The molecule has 10 nitrogen and oxygen atoms in total. The van der Waals surface area contributed by atoms with Gasteiger partial charge in [-0.1, -0.05) is 32.9 Å². The fourth-order valence-corrected chi connectivity index (χ4v) is 5.38. The Morgan fingerprint density at radius 1 is 1.05 bits per heavy atom. The highest BCUT2D eigenvalue weighted by Crippen LogP contribution is 2.30. The van der Waals surface area contributed by atoms with E-state index in [1.54, 1.807) is 36.5 Å². The van der Waals surface area contributed by atoms with Crippen molar-refractivity contribution in [2.45, 2.75) is 39.7 Å². The number of benzene rings is 1. The van der Waals surface area contributed by atoms with Crippen molar-refractivity contribution in [1.82, 2.24) is 15.2 Å². The molecular weight excluding hydrogens is 542 g/mol. The van der Waals surface area contributed by atoms with Gasteiger partial charge in [-0.3, -0.25) is 24.2 Å². The lowest BCUT2D eigenvalue weighted by molar-refractivity contribution is -0.137. The lowest BCUT2D eigenvalue weighted by atomic mass is 9.92. The Labute approximate surface area is 243 Å². The van der Waals surface area contributed by atoms with E-state index in [9.17, 15) is 24.3 Å². The van der Waals surface area contributed by atoms with Crippen LogP contribution in [0.25, 0.3) is 0 Å². The van der Waals surface area contributed by atoms with E-state index in [0.29, 0.717) is 42.3 Å². The van der Waals surface area contributed by atoms with E-state index in [4.69, 9.17) is 0 Å². The molecule has 1 unspecified atom stereocenters. The second kappa shape index (κ2) is 12.9. The number of carbonyl (C=O) groups is 4. The monoisotopic (exact) mass is 577 g/mol. The van der Waals surface area contributed by atoms with Crippen molar-refractivity contribution >= 4 is 46.4 Å². The van der Waals surface area contributed by atoms with Gasteiger partial charge in [0.25, 0.3) is 11.8 Å². The number of carboxylic acids is 1. The number of thiophene rings is 1. The van der Waals surface area contributed by atoms with Gasteiger partial charge < -0.3 is 25.5 Å². The molecule has 3 heterocycles. The minimum Gasteiger partial charge on any atom is -0.481 e. The fourth-order valence-electron chi connectivity index (χ4n) is 4.69. The SMILES string of the molecule is CC(C)(C)CC(=O)Nc1cc(C(=O)NC(CC(=O)O)c2cccnc2)ccc1N1CCN(C(=O)c2cccs2)CC1. The van der Waals surface area contributed by atoms with Crippen molar-refractivity contribution in [2.75, 3.05) is 36.4 Å². The number of aromatic nitrogens is 1. The van der Waals surface area contributed by atoms with Gasteiger partial charge in [-0.2, -0.15) is 0 Å². The van der Waals surface area contributed by atoms with Gasteiger partial charge in [-0.15, -0.1) is 11.3 Å². The van der Waals surface area contributed by atoms with Crippen molar-refractivity contribution in [1.29, 1.82) is 0 Å². The highest BCUT2D eigenvalue weighted by molar-refractivity contribution is 7.12. The topological polar surface area (TPSA) is 132 Å². The number of carboxylic acid groups (broad SMARTS) is 1. The zero-order chi connectivity index (χ0) is 29.6. The van der Waals surface area contributed by atoms with E-state index < -0.39 is 17.9 Å². The van der Waals surface area contributed by atoms with Crippen molar-refractivity contribution in [2.24, 2.45) is 5.41 Å². The molecule has 2 aromatic heterocycles. The number of rotatable bonds is 9. The Hall–Kier alpha value is -4.25. The van der Waals surface area contributed by atoms with Gasteiger partial charge in [0.05, 0.1) is 28.7 Å². The summed E-state index contributed by atoms with van der Waals surface area (Å²) in [5.74, 6) is -1.69. The Morgan fingerprint density at radius 2 is 1.80 bits per heavy atom. The first-order valence-corrected chi connectivity index (χ1v) is 14.3. The van der Waals surface area contributed by atoms with E-state index in [1.165, 1.54) is 17.5 Å². The Morgan fingerprint density at radius 3 is 2.41 bits per heavy atom. The van der Waals surface area contributed by atoms with Crippen LogP contribution in [0.2, 0.25) is 0 Å².